The Bertz CT molecular complexity index is 1430. The SMILES string of the molecule is CCOc1ccccc1N1CCN(C(=O)c2cc(-c3cccc(F)c3)n3nc(C(C)(C)C)cc3n2)CC1. The number of benzene rings is 2. The Hall–Kier alpha value is -3.94. The third-order valence-electron chi connectivity index (χ3n) is 6.61. The summed E-state index contributed by atoms with van der Waals surface area (Å²) in [5.74, 6) is 0.366. The first-order chi connectivity index (χ1) is 17.7. The van der Waals surface area contributed by atoms with E-state index in [1.165, 1.54) is 12.1 Å². The summed E-state index contributed by atoms with van der Waals surface area (Å²) in [7, 11) is 0. The fraction of sp³-hybridized carbons (Fsp3) is 0.345. The summed E-state index contributed by atoms with van der Waals surface area (Å²) in [6, 6.07) is 18.0. The van der Waals surface area contributed by atoms with Crippen molar-refractivity contribution in [3.8, 4) is 17.0 Å². The zero-order chi connectivity index (χ0) is 26.2. The van der Waals surface area contributed by atoms with E-state index in [0.29, 0.717) is 55.4 Å². The first-order valence-electron chi connectivity index (χ1n) is 12.7. The van der Waals surface area contributed by atoms with E-state index in [-0.39, 0.29) is 17.1 Å². The van der Waals surface area contributed by atoms with Crippen molar-refractivity contribution in [1.82, 2.24) is 19.5 Å². The number of fused-ring (bicyclic) bond motifs is 1. The molecule has 0 bridgehead atoms. The van der Waals surface area contributed by atoms with Crippen molar-refractivity contribution in [2.45, 2.75) is 33.1 Å². The number of hydrogen-bond donors (Lipinski definition) is 0. The smallest absolute Gasteiger partial charge is 0.272 e. The van der Waals surface area contributed by atoms with Crippen molar-refractivity contribution in [3.05, 3.63) is 77.9 Å². The molecule has 2 aromatic heterocycles. The first-order valence-corrected chi connectivity index (χ1v) is 12.7. The largest absolute Gasteiger partial charge is 0.492 e. The number of carbonyl (C=O) groups is 1. The van der Waals surface area contributed by atoms with Crippen molar-refractivity contribution >= 4 is 17.2 Å². The number of rotatable bonds is 5. The van der Waals surface area contributed by atoms with E-state index in [1.54, 1.807) is 16.6 Å². The van der Waals surface area contributed by atoms with Crippen LogP contribution >= 0.6 is 0 Å². The summed E-state index contributed by atoms with van der Waals surface area (Å²) in [6.07, 6.45) is 0. The molecule has 0 unspecified atom stereocenters. The summed E-state index contributed by atoms with van der Waals surface area (Å²) < 4.78 is 21.6. The Morgan fingerprint density at radius 3 is 2.46 bits per heavy atom. The monoisotopic (exact) mass is 501 g/mol. The van der Waals surface area contributed by atoms with Crippen molar-refractivity contribution in [3.63, 3.8) is 0 Å². The van der Waals surface area contributed by atoms with Gasteiger partial charge in [-0.3, -0.25) is 4.79 Å². The van der Waals surface area contributed by atoms with Gasteiger partial charge < -0.3 is 14.5 Å². The summed E-state index contributed by atoms with van der Waals surface area (Å²) >= 11 is 0. The van der Waals surface area contributed by atoms with Gasteiger partial charge in [0, 0.05) is 43.2 Å². The fourth-order valence-corrected chi connectivity index (χ4v) is 4.61. The zero-order valence-electron chi connectivity index (χ0n) is 21.7. The van der Waals surface area contributed by atoms with Gasteiger partial charge in [-0.1, -0.05) is 45.0 Å². The van der Waals surface area contributed by atoms with Gasteiger partial charge in [0.2, 0.25) is 0 Å². The normalized spacial score (nSPS) is 14.3. The van der Waals surface area contributed by atoms with Gasteiger partial charge in [0.1, 0.15) is 17.3 Å². The van der Waals surface area contributed by atoms with E-state index in [9.17, 15) is 9.18 Å². The molecule has 1 fully saturated rings. The number of nitrogens with zero attached hydrogens (tertiary/aromatic N) is 5. The van der Waals surface area contributed by atoms with Crippen molar-refractivity contribution < 1.29 is 13.9 Å². The fourth-order valence-electron chi connectivity index (χ4n) is 4.61. The van der Waals surface area contributed by atoms with Crippen LogP contribution < -0.4 is 9.64 Å². The molecule has 1 saturated heterocycles. The van der Waals surface area contributed by atoms with Crippen LogP contribution in [0, 0.1) is 5.82 Å². The Morgan fingerprint density at radius 1 is 1.00 bits per heavy atom. The third-order valence-corrected chi connectivity index (χ3v) is 6.61. The first kappa shape index (κ1) is 24.7. The molecule has 5 rings (SSSR count). The molecule has 4 aromatic rings. The molecule has 1 aliphatic heterocycles. The maximum absolute atomic E-state index is 14.1. The minimum atomic E-state index is -0.345. The lowest BCUT2D eigenvalue weighted by Gasteiger charge is -2.36. The molecule has 3 heterocycles. The Kier molecular flexibility index (Phi) is 6.58. The highest BCUT2D eigenvalue weighted by Crippen LogP contribution is 2.30. The van der Waals surface area contributed by atoms with Gasteiger partial charge in [-0.25, -0.2) is 13.9 Å². The predicted molar refractivity (Wildman–Crippen MR) is 143 cm³/mol. The molecule has 0 atom stereocenters. The van der Waals surface area contributed by atoms with E-state index in [2.05, 4.69) is 31.7 Å². The molecule has 1 amide bonds. The number of ether oxygens (including phenoxy) is 1. The van der Waals surface area contributed by atoms with Crippen LogP contribution in [0.3, 0.4) is 0 Å². The molecule has 8 heteroatoms. The number of amides is 1. The number of aromatic nitrogens is 3. The quantitative estimate of drug-likeness (QED) is 0.376. The maximum atomic E-state index is 14.1. The van der Waals surface area contributed by atoms with Crippen LogP contribution in [0.1, 0.15) is 43.9 Å². The van der Waals surface area contributed by atoms with Gasteiger partial charge in [-0.15, -0.1) is 0 Å². The molecular weight excluding hydrogens is 469 g/mol. The molecule has 0 radical (unpaired) electrons. The zero-order valence-corrected chi connectivity index (χ0v) is 21.7. The van der Waals surface area contributed by atoms with Crippen LogP contribution in [0.5, 0.6) is 5.75 Å². The highest BCUT2D eigenvalue weighted by molar-refractivity contribution is 5.94. The highest BCUT2D eigenvalue weighted by Gasteiger charge is 2.27. The van der Waals surface area contributed by atoms with Crippen LogP contribution in [0.2, 0.25) is 0 Å². The lowest BCUT2D eigenvalue weighted by Crippen LogP contribution is -2.49. The molecule has 2 aromatic carbocycles. The number of halogens is 1. The third kappa shape index (κ3) is 5.01. The van der Waals surface area contributed by atoms with Crippen molar-refractivity contribution in [2.24, 2.45) is 0 Å². The lowest BCUT2D eigenvalue weighted by molar-refractivity contribution is 0.0741. The Labute approximate surface area is 216 Å². The van der Waals surface area contributed by atoms with Crippen LogP contribution in [0.25, 0.3) is 16.9 Å². The van der Waals surface area contributed by atoms with Crippen LogP contribution in [-0.4, -0.2) is 58.2 Å². The number of piperazine rings is 1. The standard InChI is InChI=1S/C29H32FN5O2/c1-5-37-25-12-7-6-11-23(25)33-13-15-34(16-14-33)28(36)22-18-24(20-9-8-10-21(30)17-20)35-27(31-22)19-26(32-35)29(2,3)4/h6-12,17-19H,5,13-16H2,1-4H3. The van der Waals surface area contributed by atoms with E-state index < -0.39 is 0 Å². The Morgan fingerprint density at radius 2 is 1.76 bits per heavy atom. The molecule has 0 spiro atoms. The summed E-state index contributed by atoms with van der Waals surface area (Å²) in [6.45, 7) is 11.3. The second-order valence-electron chi connectivity index (χ2n) is 10.3. The van der Waals surface area contributed by atoms with Gasteiger partial charge in [0.25, 0.3) is 5.91 Å². The van der Waals surface area contributed by atoms with Crippen molar-refractivity contribution in [2.75, 3.05) is 37.7 Å². The summed E-state index contributed by atoms with van der Waals surface area (Å²) in [4.78, 5) is 22.4. The van der Waals surface area contributed by atoms with Crippen LogP contribution in [-0.2, 0) is 5.41 Å². The van der Waals surface area contributed by atoms with E-state index >= 15 is 0 Å². The Balaban J connectivity index is 1.45. The molecule has 0 N–H and O–H groups in total. The molecule has 0 aliphatic carbocycles. The predicted octanol–water partition coefficient (Wildman–Crippen LogP) is 5.19. The van der Waals surface area contributed by atoms with Crippen LogP contribution in [0.4, 0.5) is 10.1 Å². The average Bonchev–Trinajstić information content (AvgIpc) is 3.34. The van der Waals surface area contributed by atoms with Gasteiger partial charge >= 0.3 is 0 Å². The summed E-state index contributed by atoms with van der Waals surface area (Å²) in [5, 5.41) is 4.76. The second kappa shape index (κ2) is 9.84. The molecular formula is C29H32FN5O2. The molecule has 192 valence electrons. The van der Waals surface area contributed by atoms with Crippen molar-refractivity contribution in [1.29, 1.82) is 0 Å². The van der Waals surface area contributed by atoms with E-state index in [1.807, 2.05) is 42.2 Å². The number of hydrogen-bond acceptors (Lipinski definition) is 5. The van der Waals surface area contributed by atoms with E-state index in [4.69, 9.17) is 14.8 Å². The summed E-state index contributed by atoms with van der Waals surface area (Å²) in [5.41, 5.74) is 3.86. The number of anilines is 1. The topological polar surface area (TPSA) is 63.0 Å². The molecule has 0 saturated carbocycles. The average molecular weight is 502 g/mol. The lowest BCUT2D eigenvalue weighted by atomic mass is 9.93. The molecule has 1 aliphatic rings. The highest BCUT2D eigenvalue weighted by atomic mass is 19.1. The number of para-hydroxylation sites is 2. The van der Waals surface area contributed by atoms with E-state index in [0.717, 1.165) is 17.1 Å². The van der Waals surface area contributed by atoms with Gasteiger partial charge in [0.15, 0.2) is 5.65 Å². The van der Waals surface area contributed by atoms with Crippen LogP contribution in [0.15, 0.2) is 60.7 Å². The molecule has 7 nitrogen and oxygen atoms in total. The minimum absolute atomic E-state index is 0.142. The van der Waals surface area contributed by atoms with Gasteiger partial charge in [-0.05, 0) is 37.3 Å². The number of carbonyl (C=O) groups excluding carboxylic acids is 1. The minimum Gasteiger partial charge on any atom is -0.492 e. The second-order valence-corrected chi connectivity index (χ2v) is 10.3. The maximum Gasteiger partial charge on any atom is 0.272 e. The van der Waals surface area contributed by atoms with Gasteiger partial charge in [0.05, 0.1) is 23.7 Å². The molecule has 37 heavy (non-hydrogen) atoms. The van der Waals surface area contributed by atoms with Gasteiger partial charge in [-0.2, -0.15) is 5.10 Å².